The molecule has 1 unspecified atom stereocenters. The lowest BCUT2D eigenvalue weighted by molar-refractivity contribution is -0.132. The number of Topliss-reactive ketones (excluding diaryl/α,β-unsaturated/α-hetero) is 1. The summed E-state index contributed by atoms with van der Waals surface area (Å²) >= 11 is 1.45. The highest BCUT2D eigenvalue weighted by atomic mass is 32.1. The number of hydrogen-bond donors (Lipinski definition) is 1. The molecule has 6 nitrogen and oxygen atoms in total. The molecule has 0 bridgehead atoms. The van der Waals surface area contributed by atoms with Crippen molar-refractivity contribution in [3.63, 3.8) is 0 Å². The number of carbonyl (C=O) groups is 2. The van der Waals surface area contributed by atoms with Gasteiger partial charge in [0.05, 0.1) is 19.3 Å². The average molecular weight is 492 g/mol. The first kappa shape index (κ1) is 24.5. The Labute approximate surface area is 209 Å². The van der Waals surface area contributed by atoms with Crippen molar-refractivity contribution >= 4 is 34.5 Å². The molecular weight excluding hydrogens is 462 g/mol. The third kappa shape index (κ3) is 4.68. The smallest absolute Gasteiger partial charge is 0.300 e. The largest absolute Gasteiger partial charge is 0.507 e. The van der Waals surface area contributed by atoms with Crippen LogP contribution < -0.4 is 14.4 Å². The summed E-state index contributed by atoms with van der Waals surface area (Å²) in [6, 6.07) is 13.5. The van der Waals surface area contributed by atoms with Crippen LogP contribution >= 0.6 is 11.3 Å². The maximum Gasteiger partial charge on any atom is 0.300 e. The van der Waals surface area contributed by atoms with Crippen molar-refractivity contribution < 1.29 is 24.2 Å². The van der Waals surface area contributed by atoms with Crippen molar-refractivity contribution in [1.29, 1.82) is 0 Å². The summed E-state index contributed by atoms with van der Waals surface area (Å²) in [5.41, 5.74) is 2.87. The number of amides is 1. The lowest BCUT2D eigenvalue weighted by Crippen LogP contribution is -2.29. The average Bonchev–Trinajstić information content (AvgIpc) is 3.37. The number of methoxy groups -OCH3 is 1. The lowest BCUT2D eigenvalue weighted by atomic mass is 9.97. The maximum absolute atomic E-state index is 13.3. The maximum atomic E-state index is 13.3. The molecule has 1 N–H and O–H groups in total. The van der Waals surface area contributed by atoms with Crippen molar-refractivity contribution in [2.75, 3.05) is 18.6 Å². The minimum atomic E-state index is -0.736. The number of aliphatic hydroxyl groups is 1. The van der Waals surface area contributed by atoms with Crippen molar-refractivity contribution in [3.8, 4) is 11.5 Å². The van der Waals surface area contributed by atoms with E-state index in [9.17, 15) is 14.7 Å². The second kappa shape index (κ2) is 9.96. The summed E-state index contributed by atoms with van der Waals surface area (Å²) in [6.07, 6.45) is 0. The molecule has 0 spiro atoms. The quantitative estimate of drug-likeness (QED) is 0.248. The summed E-state index contributed by atoms with van der Waals surface area (Å²) in [5.74, 6) is 0.155. The number of rotatable bonds is 7. The number of ketones is 1. The van der Waals surface area contributed by atoms with E-state index in [0.717, 1.165) is 21.8 Å². The van der Waals surface area contributed by atoms with Gasteiger partial charge in [0.15, 0.2) is 0 Å². The standard InChI is InChI=1S/C28H29NO5S/c1-16(2)15-34-22-11-6-19(14-18(22)4)25(30)23-24(27-17(3)12-13-35-27)29(28(32)26(23)31)20-7-9-21(33-5)10-8-20/h6-14,16,24,30H,15H2,1-5H3/b25-23-. The van der Waals surface area contributed by atoms with Gasteiger partial charge in [0, 0.05) is 16.1 Å². The van der Waals surface area contributed by atoms with Crippen LogP contribution in [-0.2, 0) is 9.59 Å². The number of thiophene rings is 1. The van der Waals surface area contributed by atoms with E-state index in [2.05, 4.69) is 13.8 Å². The van der Waals surface area contributed by atoms with Crippen molar-refractivity contribution in [2.24, 2.45) is 5.92 Å². The summed E-state index contributed by atoms with van der Waals surface area (Å²) in [7, 11) is 1.57. The summed E-state index contributed by atoms with van der Waals surface area (Å²) in [5, 5.41) is 13.3. The molecule has 7 heteroatoms. The van der Waals surface area contributed by atoms with Gasteiger partial charge < -0.3 is 14.6 Å². The molecule has 2 heterocycles. The number of aliphatic hydroxyl groups excluding tert-OH is 1. The van der Waals surface area contributed by atoms with E-state index in [1.54, 1.807) is 49.6 Å². The zero-order chi connectivity index (χ0) is 25.3. The van der Waals surface area contributed by atoms with Gasteiger partial charge in [0.1, 0.15) is 23.3 Å². The molecule has 1 aliphatic rings. The third-order valence-electron chi connectivity index (χ3n) is 5.97. The first-order valence-electron chi connectivity index (χ1n) is 11.5. The molecule has 0 aliphatic carbocycles. The fourth-order valence-electron chi connectivity index (χ4n) is 4.12. The highest BCUT2D eigenvalue weighted by Crippen LogP contribution is 2.45. The van der Waals surface area contributed by atoms with E-state index in [-0.39, 0.29) is 11.3 Å². The van der Waals surface area contributed by atoms with Crippen LogP contribution in [0.25, 0.3) is 5.76 Å². The Morgan fingerprint density at radius 3 is 2.34 bits per heavy atom. The van der Waals surface area contributed by atoms with Gasteiger partial charge in [0.2, 0.25) is 0 Å². The van der Waals surface area contributed by atoms with E-state index >= 15 is 0 Å². The molecular formula is C28H29NO5S. The van der Waals surface area contributed by atoms with Crippen LogP contribution in [0.15, 0.2) is 59.5 Å². The fraction of sp³-hybridized carbons (Fsp3) is 0.286. The SMILES string of the molecule is COc1ccc(N2C(=O)C(=O)/C(=C(\O)c3ccc(OCC(C)C)c(C)c3)C2c2sccc2C)cc1. The summed E-state index contributed by atoms with van der Waals surface area (Å²) in [4.78, 5) is 28.9. The topological polar surface area (TPSA) is 76.1 Å². The Hall–Kier alpha value is -3.58. The molecule has 0 radical (unpaired) electrons. The van der Waals surface area contributed by atoms with Crippen molar-refractivity contribution in [1.82, 2.24) is 0 Å². The molecule has 4 rings (SSSR count). The number of hydrogen-bond acceptors (Lipinski definition) is 6. The Morgan fingerprint density at radius 1 is 1.06 bits per heavy atom. The molecule has 35 heavy (non-hydrogen) atoms. The Balaban J connectivity index is 1.83. The predicted molar refractivity (Wildman–Crippen MR) is 138 cm³/mol. The van der Waals surface area contributed by atoms with E-state index in [1.807, 2.05) is 25.3 Å². The van der Waals surface area contributed by atoms with E-state index in [4.69, 9.17) is 9.47 Å². The first-order chi connectivity index (χ1) is 16.7. The Morgan fingerprint density at radius 2 is 1.77 bits per heavy atom. The number of benzene rings is 2. The van der Waals surface area contributed by atoms with Crippen LogP contribution in [0.4, 0.5) is 5.69 Å². The van der Waals surface area contributed by atoms with Gasteiger partial charge in [-0.05, 0) is 84.8 Å². The lowest BCUT2D eigenvalue weighted by Gasteiger charge is -2.25. The molecule has 1 saturated heterocycles. The zero-order valence-corrected chi connectivity index (χ0v) is 21.3. The van der Waals surface area contributed by atoms with E-state index in [0.29, 0.717) is 29.5 Å². The zero-order valence-electron chi connectivity index (χ0n) is 20.5. The number of aryl methyl sites for hydroxylation is 2. The van der Waals surface area contributed by atoms with Gasteiger partial charge in [-0.3, -0.25) is 14.5 Å². The fourth-order valence-corrected chi connectivity index (χ4v) is 5.15. The van der Waals surface area contributed by atoms with Crippen LogP contribution in [0.1, 0.15) is 41.5 Å². The van der Waals surface area contributed by atoms with Crippen LogP contribution in [0.2, 0.25) is 0 Å². The normalized spacial score (nSPS) is 17.3. The molecule has 1 aliphatic heterocycles. The predicted octanol–water partition coefficient (Wildman–Crippen LogP) is 6.03. The number of anilines is 1. The first-order valence-corrected chi connectivity index (χ1v) is 12.3. The Kier molecular flexibility index (Phi) is 6.98. The van der Waals surface area contributed by atoms with Crippen LogP contribution in [-0.4, -0.2) is 30.5 Å². The van der Waals surface area contributed by atoms with Gasteiger partial charge in [-0.1, -0.05) is 13.8 Å². The third-order valence-corrected chi connectivity index (χ3v) is 7.04. The van der Waals surface area contributed by atoms with Gasteiger partial charge in [-0.2, -0.15) is 0 Å². The van der Waals surface area contributed by atoms with Crippen LogP contribution in [0, 0.1) is 19.8 Å². The summed E-state index contributed by atoms with van der Waals surface area (Å²) in [6.45, 7) is 8.55. The monoisotopic (exact) mass is 491 g/mol. The second-order valence-electron chi connectivity index (χ2n) is 9.02. The Bertz CT molecular complexity index is 1290. The number of nitrogens with zero attached hydrogens (tertiary/aromatic N) is 1. The molecule has 2 aromatic carbocycles. The van der Waals surface area contributed by atoms with Crippen molar-refractivity contribution in [2.45, 2.75) is 33.7 Å². The molecule has 1 atom stereocenters. The minimum Gasteiger partial charge on any atom is -0.507 e. The molecule has 3 aromatic rings. The molecule has 1 fully saturated rings. The van der Waals surface area contributed by atoms with Gasteiger partial charge in [-0.15, -0.1) is 11.3 Å². The van der Waals surface area contributed by atoms with Crippen molar-refractivity contribution in [3.05, 3.63) is 81.1 Å². The summed E-state index contributed by atoms with van der Waals surface area (Å²) < 4.78 is 11.1. The van der Waals surface area contributed by atoms with E-state index in [1.165, 1.54) is 16.2 Å². The number of ether oxygens (including phenoxy) is 2. The minimum absolute atomic E-state index is 0.0756. The van der Waals surface area contributed by atoms with Gasteiger partial charge in [-0.25, -0.2) is 0 Å². The molecule has 0 saturated carbocycles. The van der Waals surface area contributed by atoms with Crippen LogP contribution in [0.3, 0.4) is 0 Å². The second-order valence-corrected chi connectivity index (χ2v) is 9.97. The highest BCUT2D eigenvalue weighted by Gasteiger charge is 2.48. The highest BCUT2D eigenvalue weighted by molar-refractivity contribution is 7.10. The van der Waals surface area contributed by atoms with E-state index < -0.39 is 17.7 Å². The van der Waals surface area contributed by atoms with Gasteiger partial charge in [0.25, 0.3) is 11.7 Å². The van der Waals surface area contributed by atoms with Gasteiger partial charge >= 0.3 is 0 Å². The molecule has 1 amide bonds. The number of carbonyl (C=O) groups excluding carboxylic acids is 2. The molecule has 182 valence electrons. The molecule has 1 aromatic heterocycles. The van der Waals surface area contributed by atoms with Crippen LogP contribution in [0.5, 0.6) is 11.5 Å².